The lowest BCUT2D eigenvalue weighted by molar-refractivity contribution is -0.0581. The maximum Gasteiger partial charge on any atom is 0.407 e. The van der Waals surface area contributed by atoms with E-state index >= 15 is 0 Å². The van der Waals surface area contributed by atoms with Crippen LogP contribution in [-0.4, -0.2) is 57.4 Å². The van der Waals surface area contributed by atoms with E-state index in [2.05, 4.69) is 61.5 Å². The Kier molecular flexibility index (Phi) is 12.1. The van der Waals surface area contributed by atoms with Crippen LogP contribution in [0.5, 0.6) is 0 Å². The molecule has 8 heteroatoms. The molecule has 1 aromatic rings. The Bertz CT molecular complexity index is 1350. The average molecular weight is 667 g/mol. The van der Waals surface area contributed by atoms with Crippen LogP contribution in [0.1, 0.15) is 118 Å². The Labute approximate surface area is 290 Å². The third-order valence-corrected chi connectivity index (χ3v) is 13.5. The largest absolute Gasteiger partial charge is 0.446 e. The molecule has 8 atom stereocenters. The standard InChI is InChI=1S/C40H66N4O4/c1-26(2)11-10-12-27(3)31-15-16-32-30-14-13-28-25-29(17-19-39(28,4)33(30)18-20-40(31,32)5)48-38(47)43-23-22-42-35-34(36(45)37(35)46)41-21-8-9-24-44(6)7/h13,26-27,29-33,41-42H,8-12,14-25H2,1-7H3,(H,43,47)/t27-,29?,30?,31-,32+,33?,39?,40?/m1/s1. The second-order valence-electron chi connectivity index (χ2n) is 17.3. The topological polar surface area (TPSA) is 99.8 Å². The van der Waals surface area contributed by atoms with Crippen molar-refractivity contribution in [3.63, 3.8) is 0 Å². The number of nitrogens with one attached hydrogen (secondary N) is 3. The van der Waals surface area contributed by atoms with Gasteiger partial charge in [0, 0.05) is 26.1 Å². The van der Waals surface area contributed by atoms with E-state index in [1.54, 1.807) is 0 Å². The number of ether oxygens (including phenoxy) is 1. The number of hydrogen-bond acceptors (Lipinski definition) is 7. The van der Waals surface area contributed by atoms with Gasteiger partial charge in [0.05, 0.1) is 0 Å². The molecule has 5 unspecified atom stereocenters. The molecule has 3 saturated carbocycles. The molecule has 8 nitrogen and oxygen atoms in total. The second-order valence-corrected chi connectivity index (χ2v) is 17.3. The number of unbranched alkanes of at least 4 members (excludes halogenated alkanes) is 1. The highest BCUT2D eigenvalue weighted by atomic mass is 16.6. The van der Waals surface area contributed by atoms with Gasteiger partial charge in [-0.25, -0.2) is 4.79 Å². The molecule has 1 aromatic carbocycles. The molecule has 48 heavy (non-hydrogen) atoms. The number of carbonyl (C=O) groups is 1. The summed E-state index contributed by atoms with van der Waals surface area (Å²) >= 11 is 0. The Morgan fingerprint density at radius 1 is 0.896 bits per heavy atom. The Morgan fingerprint density at radius 2 is 1.62 bits per heavy atom. The van der Waals surface area contributed by atoms with Crippen LogP contribution in [-0.2, 0) is 4.74 Å². The summed E-state index contributed by atoms with van der Waals surface area (Å²) in [6, 6.07) is 0. The monoisotopic (exact) mass is 667 g/mol. The Morgan fingerprint density at radius 3 is 2.33 bits per heavy atom. The molecule has 0 saturated heterocycles. The highest BCUT2D eigenvalue weighted by Crippen LogP contribution is 2.67. The number of amides is 1. The van der Waals surface area contributed by atoms with E-state index in [0.717, 1.165) is 74.2 Å². The fourth-order valence-corrected chi connectivity index (χ4v) is 10.8. The van der Waals surface area contributed by atoms with Gasteiger partial charge in [0.15, 0.2) is 0 Å². The lowest BCUT2D eigenvalue weighted by Gasteiger charge is -2.58. The summed E-state index contributed by atoms with van der Waals surface area (Å²) in [4.78, 5) is 39.0. The number of allylic oxidation sites excluding steroid dienone is 1. The first kappa shape index (κ1) is 36.9. The van der Waals surface area contributed by atoms with Crippen molar-refractivity contribution in [2.24, 2.45) is 46.3 Å². The van der Waals surface area contributed by atoms with Gasteiger partial charge in [0.1, 0.15) is 17.5 Å². The number of alkyl carbamates (subject to hydrolysis) is 1. The third kappa shape index (κ3) is 7.84. The van der Waals surface area contributed by atoms with E-state index in [-0.39, 0.29) is 11.5 Å². The van der Waals surface area contributed by atoms with Crippen molar-refractivity contribution in [2.75, 3.05) is 50.9 Å². The van der Waals surface area contributed by atoms with Crippen molar-refractivity contribution in [2.45, 2.75) is 124 Å². The first-order chi connectivity index (χ1) is 22.8. The summed E-state index contributed by atoms with van der Waals surface area (Å²) in [5.41, 5.74) is 1.97. The minimum atomic E-state index is -0.497. The lowest BCUT2D eigenvalue weighted by atomic mass is 9.47. The fourth-order valence-electron chi connectivity index (χ4n) is 10.8. The zero-order valence-electron chi connectivity index (χ0n) is 31.2. The van der Waals surface area contributed by atoms with E-state index in [9.17, 15) is 14.4 Å². The van der Waals surface area contributed by atoms with E-state index < -0.39 is 17.0 Å². The van der Waals surface area contributed by atoms with Crippen LogP contribution >= 0.6 is 0 Å². The van der Waals surface area contributed by atoms with Gasteiger partial charge in [0.25, 0.3) is 10.9 Å². The summed E-state index contributed by atoms with van der Waals surface area (Å²) in [7, 11) is 4.07. The number of nitrogens with zero attached hydrogens (tertiary/aromatic N) is 1. The highest BCUT2D eigenvalue weighted by molar-refractivity contribution is 5.74. The lowest BCUT2D eigenvalue weighted by Crippen LogP contribution is -2.51. The quantitative estimate of drug-likeness (QED) is 0.0950. The van der Waals surface area contributed by atoms with Gasteiger partial charge in [-0.1, -0.05) is 65.5 Å². The number of fused-ring (bicyclic) bond motifs is 5. The van der Waals surface area contributed by atoms with Crippen molar-refractivity contribution >= 4 is 17.5 Å². The molecule has 3 N–H and O–H groups in total. The first-order valence-electron chi connectivity index (χ1n) is 19.4. The molecule has 3 fully saturated rings. The van der Waals surface area contributed by atoms with Crippen molar-refractivity contribution in [1.82, 2.24) is 10.2 Å². The van der Waals surface area contributed by atoms with E-state index in [1.165, 1.54) is 56.9 Å². The van der Waals surface area contributed by atoms with E-state index in [0.29, 0.717) is 36.4 Å². The molecule has 0 aliphatic heterocycles. The first-order valence-corrected chi connectivity index (χ1v) is 19.4. The van der Waals surface area contributed by atoms with Crippen molar-refractivity contribution in [3.05, 3.63) is 32.1 Å². The van der Waals surface area contributed by atoms with Crippen LogP contribution < -0.4 is 26.8 Å². The molecular formula is C40H66N4O4. The number of hydrogen-bond donors (Lipinski definition) is 3. The zero-order chi connectivity index (χ0) is 34.6. The summed E-state index contributed by atoms with van der Waals surface area (Å²) in [6.07, 6.45) is 17.7. The van der Waals surface area contributed by atoms with Crippen molar-refractivity contribution < 1.29 is 9.53 Å². The summed E-state index contributed by atoms with van der Waals surface area (Å²) in [6.45, 7) is 14.7. The maximum absolute atomic E-state index is 12.8. The average Bonchev–Trinajstić information content (AvgIpc) is 3.40. The Hall–Kier alpha value is -2.35. The second kappa shape index (κ2) is 15.7. The van der Waals surface area contributed by atoms with E-state index in [1.807, 2.05) is 14.1 Å². The molecule has 0 spiro atoms. The molecule has 0 heterocycles. The van der Waals surface area contributed by atoms with Crippen molar-refractivity contribution in [1.29, 1.82) is 0 Å². The Balaban J connectivity index is 1.07. The molecule has 4 aliphatic rings. The molecule has 0 aromatic heterocycles. The minimum absolute atomic E-state index is 0.0953. The maximum atomic E-state index is 12.8. The van der Waals surface area contributed by atoms with Gasteiger partial charge in [-0.2, -0.15) is 0 Å². The van der Waals surface area contributed by atoms with Gasteiger partial charge < -0.3 is 25.6 Å². The van der Waals surface area contributed by atoms with E-state index in [4.69, 9.17) is 4.74 Å². The fraction of sp³-hybridized carbons (Fsp3) is 0.825. The molecule has 4 aliphatic carbocycles. The predicted octanol–water partition coefficient (Wildman–Crippen LogP) is 7.58. The number of rotatable bonds is 16. The summed E-state index contributed by atoms with van der Waals surface area (Å²) < 4.78 is 5.93. The van der Waals surface area contributed by atoms with Crippen LogP contribution in [0.4, 0.5) is 16.2 Å². The molecule has 1 amide bonds. The normalized spacial score (nSPS) is 31.9. The number of carbonyl (C=O) groups excluding carboxylic acids is 1. The molecular weight excluding hydrogens is 600 g/mol. The number of anilines is 2. The van der Waals surface area contributed by atoms with Crippen molar-refractivity contribution in [3.8, 4) is 0 Å². The van der Waals surface area contributed by atoms with Gasteiger partial charge in [-0.15, -0.1) is 0 Å². The minimum Gasteiger partial charge on any atom is -0.446 e. The van der Waals surface area contributed by atoms with Gasteiger partial charge in [-0.3, -0.25) is 9.59 Å². The molecule has 5 rings (SSSR count). The highest BCUT2D eigenvalue weighted by Gasteiger charge is 2.59. The summed E-state index contributed by atoms with van der Waals surface area (Å²) in [5, 5.41) is 8.99. The summed E-state index contributed by atoms with van der Waals surface area (Å²) in [5.74, 6) is 4.91. The molecule has 270 valence electrons. The SMILES string of the molecule is CC(C)CCC[C@@H](C)[C@H]1CC[C@H]2C3CC=C4CC(OC(=O)NCCNc5c(NCCCCN(C)C)c(=O)c5=O)CCC4(C)C3CCC12C. The van der Waals surface area contributed by atoms with Crippen LogP contribution in [0, 0.1) is 46.3 Å². The van der Waals surface area contributed by atoms with Gasteiger partial charge >= 0.3 is 6.09 Å². The molecule has 0 radical (unpaired) electrons. The van der Waals surface area contributed by atoms with Crippen LogP contribution in [0.2, 0.25) is 0 Å². The molecule has 0 bridgehead atoms. The van der Waals surface area contributed by atoms with Crippen LogP contribution in [0.25, 0.3) is 0 Å². The van der Waals surface area contributed by atoms with Crippen LogP contribution in [0.15, 0.2) is 21.2 Å². The third-order valence-electron chi connectivity index (χ3n) is 13.5. The van der Waals surface area contributed by atoms with Crippen LogP contribution in [0.3, 0.4) is 0 Å². The smallest absolute Gasteiger partial charge is 0.407 e. The van der Waals surface area contributed by atoms with Gasteiger partial charge in [0.2, 0.25) is 0 Å². The predicted molar refractivity (Wildman–Crippen MR) is 197 cm³/mol. The van der Waals surface area contributed by atoms with Gasteiger partial charge in [-0.05, 0) is 125 Å². The zero-order valence-corrected chi connectivity index (χ0v) is 31.2.